The zero-order valence-electron chi connectivity index (χ0n) is 15.3. The van der Waals surface area contributed by atoms with Crippen molar-refractivity contribution < 1.29 is 22.4 Å². The highest BCUT2D eigenvalue weighted by atomic mass is 32.2. The molecule has 10 nitrogen and oxygen atoms in total. The average molecular weight is 418 g/mol. The Morgan fingerprint density at radius 3 is 2.83 bits per heavy atom. The molecule has 0 saturated carbocycles. The monoisotopic (exact) mass is 418 g/mol. The fourth-order valence-corrected chi connectivity index (χ4v) is 4.44. The summed E-state index contributed by atoms with van der Waals surface area (Å²) in [6.45, 7) is 2.08. The lowest BCUT2D eigenvalue weighted by atomic mass is 10.1. The van der Waals surface area contributed by atoms with Crippen LogP contribution in [0.4, 0.5) is 14.9 Å². The Morgan fingerprint density at radius 1 is 1.45 bits per heavy atom. The summed E-state index contributed by atoms with van der Waals surface area (Å²) in [5.41, 5.74) is 0.138. The summed E-state index contributed by atoms with van der Waals surface area (Å²) in [7, 11) is -4.30. The molecule has 3 rings (SSSR count). The fraction of sp³-hybridized carbons (Fsp3) is 0.235. The van der Waals surface area contributed by atoms with Crippen LogP contribution in [0.2, 0.25) is 0 Å². The quantitative estimate of drug-likeness (QED) is 0.759. The van der Waals surface area contributed by atoms with Crippen LogP contribution in [-0.2, 0) is 14.8 Å². The molecule has 150 valence electrons. The molecule has 2 aromatic rings. The number of nitrogens with zero attached hydrogens (tertiary/aromatic N) is 4. The Labute approximate surface area is 165 Å². The van der Waals surface area contributed by atoms with Crippen LogP contribution in [0.1, 0.15) is 29.9 Å². The molecular formula is C17H15FN6O4S. The van der Waals surface area contributed by atoms with E-state index >= 15 is 0 Å². The smallest absolute Gasteiger partial charge is 0.336 e. The predicted octanol–water partition coefficient (Wildman–Crippen LogP) is 1.21. The lowest BCUT2D eigenvalue weighted by Crippen LogP contribution is -2.49. The third-order valence-corrected chi connectivity index (χ3v) is 6.08. The van der Waals surface area contributed by atoms with Crippen LogP contribution in [0.15, 0.2) is 29.4 Å². The molecule has 1 atom stereocenters. The minimum absolute atomic E-state index is 0.0171. The van der Waals surface area contributed by atoms with Crippen LogP contribution >= 0.6 is 0 Å². The van der Waals surface area contributed by atoms with Crippen LogP contribution in [-0.4, -0.2) is 41.2 Å². The summed E-state index contributed by atoms with van der Waals surface area (Å²) in [5.74, 6) is -1.64. The summed E-state index contributed by atoms with van der Waals surface area (Å²) in [5, 5.41) is 13.5. The molecular weight excluding hydrogens is 403 g/mol. The van der Waals surface area contributed by atoms with Crippen molar-refractivity contribution in [2.75, 3.05) is 11.9 Å². The second-order valence-corrected chi connectivity index (χ2v) is 8.01. The number of pyridine rings is 2. The Balaban J connectivity index is 1.79. The third kappa shape index (κ3) is 3.72. The lowest BCUT2D eigenvalue weighted by Gasteiger charge is -2.29. The highest BCUT2D eigenvalue weighted by Crippen LogP contribution is 2.31. The Morgan fingerprint density at radius 2 is 2.17 bits per heavy atom. The molecule has 2 aromatic heterocycles. The Kier molecular flexibility index (Phi) is 5.17. The lowest BCUT2D eigenvalue weighted by molar-refractivity contribution is -0.121. The van der Waals surface area contributed by atoms with E-state index in [9.17, 15) is 22.4 Å². The first-order valence-electron chi connectivity index (χ1n) is 8.29. The highest BCUT2D eigenvalue weighted by Gasteiger charge is 2.39. The molecule has 1 aliphatic heterocycles. The molecule has 0 aliphatic carbocycles. The second kappa shape index (κ2) is 7.44. The van der Waals surface area contributed by atoms with Crippen LogP contribution in [0, 0.1) is 24.1 Å². The standard InChI is InChI=1S/C17H15FN6O4S/c1-9(15-12(18)5-11(6-19)7-21-15)22-14(25)8-24-17(26)23-13-3-4-20-10(2)16(13)29(24,27)28/h3-5,7,9H,8H2,1-2H3,(H,22,25)(H,23,26)/t9-/m1/s1. The molecule has 0 aromatic carbocycles. The predicted molar refractivity (Wildman–Crippen MR) is 97.4 cm³/mol. The molecule has 3 heterocycles. The summed E-state index contributed by atoms with van der Waals surface area (Å²) in [6.07, 6.45) is 2.50. The van der Waals surface area contributed by atoms with Crippen molar-refractivity contribution in [3.63, 3.8) is 0 Å². The maximum atomic E-state index is 14.0. The number of aromatic nitrogens is 2. The normalized spacial score (nSPS) is 15.7. The number of urea groups is 1. The number of rotatable bonds is 4. The van der Waals surface area contributed by atoms with Crippen molar-refractivity contribution in [3.8, 4) is 6.07 Å². The van der Waals surface area contributed by atoms with Crippen LogP contribution in [0.25, 0.3) is 0 Å². The number of carbonyl (C=O) groups excluding carboxylic acids is 2. The molecule has 0 radical (unpaired) electrons. The first-order chi connectivity index (χ1) is 13.6. The molecule has 0 fully saturated rings. The minimum Gasteiger partial charge on any atom is -0.346 e. The molecule has 1 aliphatic rings. The molecule has 0 saturated heterocycles. The van der Waals surface area contributed by atoms with Gasteiger partial charge in [-0.3, -0.25) is 14.8 Å². The molecule has 2 N–H and O–H groups in total. The molecule has 3 amide bonds. The Bertz CT molecular complexity index is 1160. The van der Waals surface area contributed by atoms with Gasteiger partial charge in [0.15, 0.2) is 0 Å². The number of anilines is 1. The van der Waals surface area contributed by atoms with Crippen molar-refractivity contribution in [1.29, 1.82) is 5.26 Å². The van der Waals surface area contributed by atoms with Gasteiger partial charge in [0.1, 0.15) is 23.3 Å². The van der Waals surface area contributed by atoms with E-state index < -0.39 is 40.4 Å². The van der Waals surface area contributed by atoms with Gasteiger partial charge in [0.2, 0.25) is 5.91 Å². The first-order valence-corrected chi connectivity index (χ1v) is 9.73. The van der Waals surface area contributed by atoms with E-state index in [0.717, 1.165) is 12.3 Å². The summed E-state index contributed by atoms with van der Waals surface area (Å²) >= 11 is 0. The Hall–Kier alpha value is -3.59. The van der Waals surface area contributed by atoms with Crippen molar-refractivity contribution in [2.45, 2.75) is 24.8 Å². The minimum atomic E-state index is -4.30. The van der Waals surface area contributed by atoms with Crippen molar-refractivity contribution >= 4 is 27.6 Å². The van der Waals surface area contributed by atoms with E-state index in [2.05, 4.69) is 20.6 Å². The molecule has 0 unspecified atom stereocenters. The number of hydrogen-bond donors (Lipinski definition) is 2. The number of nitrogens with one attached hydrogen (secondary N) is 2. The SMILES string of the molecule is Cc1nccc2c1S(=O)(=O)N(CC(=O)N[C@H](C)c1ncc(C#N)cc1F)C(=O)N2. The number of carbonyl (C=O) groups is 2. The molecule has 12 heteroatoms. The summed E-state index contributed by atoms with van der Waals surface area (Å²) in [4.78, 5) is 32.1. The number of amides is 3. The van der Waals surface area contributed by atoms with Crippen molar-refractivity contribution in [3.05, 3.63) is 47.3 Å². The number of halogens is 1. The van der Waals surface area contributed by atoms with E-state index in [4.69, 9.17) is 5.26 Å². The maximum absolute atomic E-state index is 14.0. The summed E-state index contributed by atoms with van der Waals surface area (Å²) < 4.78 is 40.0. The second-order valence-electron chi connectivity index (χ2n) is 6.21. The van der Waals surface area contributed by atoms with E-state index in [1.807, 2.05) is 0 Å². The third-order valence-electron chi connectivity index (χ3n) is 4.17. The number of hydrogen-bond acceptors (Lipinski definition) is 7. The fourth-order valence-electron chi connectivity index (χ4n) is 2.84. The molecule has 0 bridgehead atoms. The number of aryl methyl sites for hydroxylation is 1. The van der Waals surface area contributed by atoms with Gasteiger partial charge in [0, 0.05) is 12.4 Å². The zero-order chi connectivity index (χ0) is 21.3. The number of fused-ring (bicyclic) bond motifs is 1. The number of sulfonamides is 1. The van der Waals surface area contributed by atoms with Gasteiger partial charge in [-0.1, -0.05) is 0 Å². The van der Waals surface area contributed by atoms with Crippen LogP contribution in [0.5, 0.6) is 0 Å². The van der Waals surface area contributed by atoms with Gasteiger partial charge >= 0.3 is 6.03 Å². The van der Waals surface area contributed by atoms with Gasteiger partial charge in [0.25, 0.3) is 10.0 Å². The van der Waals surface area contributed by atoms with E-state index in [0.29, 0.717) is 4.31 Å². The van der Waals surface area contributed by atoms with Gasteiger partial charge in [-0.2, -0.15) is 5.26 Å². The van der Waals surface area contributed by atoms with Gasteiger partial charge in [-0.25, -0.2) is 21.9 Å². The van der Waals surface area contributed by atoms with Gasteiger partial charge in [-0.15, -0.1) is 0 Å². The van der Waals surface area contributed by atoms with Gasteiger partial charge in [0.05, 0.1) is 28.7 Å². The molecule has 29 heavy (non-hydrogen) atoms. The largest absolute Gasteiger partial charge is 0.346 e. The van der Waals surface area contributed by atoms with Crippen molar-refractivity contribution in [1.82, 2.24) is 19.6 Å². The average Bonchev–Trinajstić information content (AvgIpc) is 2.64. The number of nitriles is 1. The van der Waals surface area contributed by atoms with E-state index in [-0.39, 0.29) is 27.5 Å². The maximum Gasteiger partial charge on any atom is 0.336 e. The van der Waals surface area contributed by atoms with E-state index in [1.165, 1.54) is 26.1 Å². The van der Waals surface area contributed by atoms with Gasteiger partial charge < -0.3 is 10.6 Å². The van der Waals surface area contributed by atoms with Gasteiger partial charge in [-0.05, 0) is 26.0 Å². The van der Waals surface area contributed by atoms with E-state index in [1.54, 1.807) is 6.07 Å². The molecule has 0 spiro atoms. The zero-order valence-corrected chi connectivity index (χ0v) is 16.1. The first kappa shape index (κ1) is 20.2. The topological polar surface area (TPSA) is 145 Å². The highest BCUT2D eigenvalue weighted by molar-refractivity contribution is 7.90. The van der Waals surface area contributed by atoms with Crippen LogP contribution in [0.3, 0.4) is 0 Å². The summed E-state index contributed by atoms with van der Waals surface area (Å²) in [6, 6.07) is 2.14. The van der Waals surface area contributed by atoms with Crippen LogP contribution < -0.4 is 10.6 Å². The van der Waals surface area contributed by atoms with Crippen molar-refractivity contribution in [2.24, 2.45) is 0 Å².